The highest BCUT2D eigenvalue weighted by molar-refractivity contribution is 5.86. The Kier molecular flexibility index (Phi) is 11.5. The molecule has 2 aromatic rings. The SMILES string of the molecule is COc1cc2c(c(OC)c1OC)-c1ccc(N[C@@H](C(=O)NCCCN3CCOCC3)C(C)C)c(=O)cc1[C@H](NC(C)=O)CC2. The molecule has 11 nitrogen and oxygen atoms in total. The number of anilines is 1. The van der Waals surface area contributed by atoms with E-state index in [9.17, 15) is 14.4 Å². The highest BCUT2D eigenvalue weighted by atomic mass is 16.5. The van der Waals surface area contributed by atoms with E-state index in [1.165, 1.54) is 6.92 Å². The molecule has 1 heterocycles. The summed E-state index contributed by atoms with van der Waals surface area (Å²) < 4.78 is 22.5. The monoisotopic (exact) mass is 610 g/mol. The number of morpholine rings is 1. The minimum atomic E-state index is -0.620. The van der Waals surface area contributed by atoms with Crippen molar-refractivity contribution in [1.82, 2.24) is 15.5 Å². The third-order valence-electron chi connectivity index (χ3n) is 8.23. The third kappa shape index (κ3) is 7.62. The van der Waals surface area contributed by atoms with E-state index in [0.29, 0.717) is 47.9 Å². The van der Waals surface area contributed by atoms with Crippen LogP contribution in [0.4, 0.5) is 5.69 Å². The van der Waals surface area contributed by atoms with Gasteiger partial charge in [0.05, 0.1) is 46.3 Å². The Morgan fingerprint density at radius 2 is 1.77 bits per heavy atom. The van der Waals surface area contributed by atoms with Gasteiger partial charge >= 0.3 is 0 Å². The van der Waals surface area contributed by atoms with Gasteiger partial charge in [-0.2, -0.15) is 0 Å². The van der Waals surface area contributed by atoms with Gasteiger partial charge in [-0.05, 0) is 66.6 Å². The summed E-state index contributed by atoms with van der Waals surface area (Å²) in [6, 6.07) is 5.99. The second-order valence-corrected chi connectivity index (χ2v) is 11.6. The van der Waals surface area contributed by atoms with Gasteiger partial charge < -0.3 is 34.9 Å². The zero-order valence-corrected chi connectivity index (χ0v) is 26.7. The molecule has 11 heteroatoms. The molecule has 1 saturated heterocycles. The Morgan fingerprint density at radius 1 is 1.05 bits per heavy atom. The van der Waals surface area contributed by atoms with Gasteiger partial charge in [0.25, 0.3) is 0 Å². The number of carbonyl (C=O) groups excluding carboxylic acids is 2. The molecular formula is C33H46N4O7. The van der Waals surface area contributed by atoms with Gasteiger partial charge in [-0.15, -0.1) is 0 Å². The normalized spacial score (nSPS) is 17.0. The first-order valence-corrected chi connectivity index (χ1v) is 15.3. The number of nitrogens with zero attached hydrogens (tertiary/aromatic N) is 1. The topological polar surface area (TPSA) is 127 Å². The van der Waals surface area contributed by atoms with Gasteiger partial charge in [-0.1, -0.05) is 19.9 Å². The van der Waals surface area contributed by atoms with E-state index < -0.39 is 12.1 Å². The van der Waals surface area contributed by atoms with Crippen LogP contribution in [0.2, 0.25) is 0 Å². The molecule has 3 N–H and O–H groups in total. The van der Waals surface area contributed by atoms with Crippen LogP contribution in [-0.2, 0) is 20.7 Å². The van der Waals surface area contributed by atoms with E-state index in [2.05, 4.69) is 20.9 Å². The van der Waals surface area contributed by atoms with Crippen LogP contribution in [0.25, 0.3) is 11.1 Å². The molecule has 2 aliphatic rings. The summed E-state index contributed by atoms with van der Waals surface area (Å²) in [6.07, 6.45) is 2.00. The summed E-state index contributed by atoms with van der Waals surface area (Å²) in [5, 5.41) is 9.29. The average molecular weight is 611 g/mol. The number of rotatable bonds is 12. The second kappa shape index (κ2) is 15.3. The predicted molar refractivity (Wildman–Crippen MR) is 170 cm³/mol. The molecule has 240 valence electrons. The molecule has 0 radical (unpaired) electrons. The number of nitrogens with one attached hydrogen (secondary N) is 3. The summed E-state index contributed by atoms with van der Waals surface area (Å²) in [6.45, 7) is 10.1. The smallest absolute Gasteiger partial charge is 0.242 e. The Balaban J connectivity index is 1.68. The Labute approximate surface area is 259 Å². The van der Waals surface area contributed by atoms with Crippen LogP contribution < -0.4 is 35.6 Å². The molecule has 1 aliphatic heterocycles. The van der Waals surface area contributed by atoms with Crippen molar-refractivity contribution in [3.63, 3.8) is 0 Å². The van der Waals surface area contributed by atoms with Crippen LogP contribution in [0.15, 0.2) is 29.1 Å². The first-order valence-electron chi connectivity index (χ1n) is 15.3. The van der Waals surface area contributed by atoms with Crippen molar-refractivity contribution in [3.05, 3.63) is 45.6 Å². The number of fused-ring (bicyclic) bond motifs is 3. The fourth-order valence-corrected chi connectivity index (χ4v) is 5.98. The molecule has 2 atom stereocenters. The zero-order chi connectivity index (χ0) is 31.8. The maximum absolute atomic E-state index is 13.7. The summed E-state index contributed by atoms with van der Waals surface area (Å²) in [7, 11) is 4.68. The van der Waals surface area contributed by atoms with E-state index in [0.717, 1.165) is 56.0 Å². The van der Waals surface area contributed by atoms with Crippen LogP contribution in [-0.4, -0.2) is 83.5 Å². The van der Waals surface area contributed by atoms with Crippen molar-refractivity contribution in [1.29, 1.82) is 0 Å². The number of benzene rings is 1. The standard InChI is InChI=1S/C33H46N4O7/c1-20(2)30(33(40)34-12-7-13-37-14-16-44-17-15-37)36-26-11-9-23-24(19-27(26)39)25(35-21(3)38)10-8-22-18-28(41-4)31(42-5)32(43-6)29(22)23/h9,11,18-20,25,30H,7-8,10,12-17H2,1-6H3,(H,34,40)(H,35,38)(H,36,39)/t25-,30-/m1/s1. The third-order valence-corrected chi connectivity index (χ3v) is 8.23. The van der Waals surface area contributed by atoms with Gasteiger partial charge in [0.15, 0.2) is 11.5 Å². The Bertz CT molecular complexity index is 1390. The van der Waals surface area contributed by atoms with Crippen LogP contribution in [0, 0.1) is 5.92 Å². The van der Waals surface area contributed by atoms with Gasteiger partial charge in [-0.25, -0.2) is 0 Å². The predicted octanol–water partition coefficient (Wildman–Crippen LogP) is 3.14. The number of carbonyl (C=O) groups is 2. The van der Waals surface area contributed by atoms with E-state index in [-0.39, 0.29) is 23.2 Å². The molecule has 1 aliphatic carbocycles. The van der Waals surface area contributed by atoms with Gasteiger partial charge in [0.2, 0.25) is 23.0 Å². The lowest BCUT2D eigenvalue weighted by Gasteiger charge is -2.27. The molecule has 0 bridgehead atoms. The van der Waals surface area contributed by atoms with Gasteiger partial charge in [-0.3, -0.25) is 19.3 Å². The van der Waals surface area contributed by atoms with Crippen molar-refractivity contribution >= 4 is 17.5 Å². The number of hydrogen-bond acceptors (Lipinski definition) is 9. The zero-order valence-electron chi connectivity index (χ0n) is 26.7. The Hall–Kier alpha value is -3.83. The first kappa shape index (κ1) is 33.1. The van der Waals surface area contributed by atoms with E-state index in [4.69, 9.17) is 18.9 Å². The van der Waals surface area contributed by atoms with E-state index in [1.807, 2.05) is 26.0 Å². The molecule has 2 amide bonds. The quantitative estimate of drug-likeness (QED) is 0.311. The lowest BCUT2D eigenvalue weighted by atomic mass is 9.95. The van der Waals surface area contributed by atoms with E-state index >= 15 is 0 Å². The fraction of sp³-hybridized carbons (Fsp3) is 0.545. The minimum Gasteiger partial charge on any atom is -0.493 e. The largest absolute Gasteiger partial charge is 0.493 e. The van der Waals surface area contributed by atoms with E-state index in [1.54, 1.807) is 33.5 Å². The molecule has 0 aromatic heterocycles. The number of methoxy groups -OCH3 is 3. The highest BCUT2D eigenvalue weighted by Crippen LogP contribution is 2.50. The maximum Gasteiger partial charge on any atom is 0.242 e. The molecule has 0 saturated carbocycles. The van der Waals surface area contributed by atoms with Crippen LogP contribution in [0.1, 0.15) is 50.8 Å². The molecule has 0 spiro atoms. The summed E-state index contributed by atoms with van der Waals surface area (Å²) in [4.78, 5) is 41.6. The summed E-state index contributed by atoms with van der Waals surface area (Å²) in [5.74, 6) is 1.02. The number of aryl methyl sites for hydroxylation is 1. The first-order chi connectivity index (χ1) is 21.2. The minimum absolute atomic E-state index is 0.0818. The van der Waals surface area contributed by atoms with Crippen molar-refractivity contribution in [2.24, 2.45) is 5.92 Å². The fourth-order valence-electron chi connectivity index (χ4n) is 5.98. The van der Waals surface area contributed by atoms with Gasteiger partial charge in [0.1, 0.15) is 6.04 Å². The van der Waals surface area contributed by atoms with Gasteiger partial charge in [0, 0.05) is 32.1 Å². The lowest BCUT2D eigenvalue weighted by molar-refractivity contribution is -0.122. The second-order valence-electron chi connectivity index (χ2n) is 11.6. The molecular weight excluding hydrogens is 564 g/mol. The summed E-state index contributed by atoms with van der Waals surface area (Å²) in [5.41, 5.74) is 3.12. The molecule has 44 heavy (non-hydrogen) atoms. The molecule has 2 aromatic carbocycles. The van der Waals surface area contributed by atoms with Crippen molar-refractivity contribution in [2.45, 2.75) is 52.1 Å². The number of hydrogen-bond donors (Lipinski definition) is 3. The number of amides is 2. The van der Waals surface area contributed by atoms with Crippen molar-refractivity contribution in [2.75, 3.05) is 66.0 Å². The van der Waals surface area contributed by atoms with Crippen molar-refractivity contribution < 1.29 is 28.5 Å². The average Bonchev–Trinajstić information content (AvgIpc) is 3.25. The van der Waals surface area contributed by atoms with Crippen LogP contribution in [0.5, 0.6) is 17.2 Å². The van der Waals surface area contributed by atoms with Crippen LogP contribution in [0.3, 0.4) is 0 Å². The molecule has 4 rings (SSSR count). The Morgan fingerprint density at radius 3 is 2.41 bits per heavy atom. The maximum atomic E-state index is 13.7. The highest BCUT2D eigenvalue weighted by Gasteiger charge is 2.30. The number of ether oxygens (including phenoxy) is 4. The molecule has 1 fully saturated rings. The van der Waals surface area contributed by atoms with Crippen LogP contribution >= 0.6 is 0 Å². The molecule has 0 unspecified atom stereocenters. The summed E-state index contributed by atoms with van der Waals surface area (Å²) >= 11 is 0. The van der Waals surface area contributed by atoms with Crippen molar-refractivity contribution in [3.8, 4) is 28.4 Å². The lowest BCUT2D eigenvalue weighted by Crippen LogP contribution is -2.44.